The molecule has 2 rings (SSSR count). The first-order valence-corrected chi connectivity index (χ1v) is 14.7. The van der Waals surface area contributed by atoms with Gasteiger partial charge in [-0.2, -0.15) is 17.9 Å². The van der Waals surface area contributed by atoms with Crippen LogP contribution in [0.3, 0.4) is 0 Å². The standard InChI is InChI=1S/C32H42N4O7S/c1-20-12-11-15-22(26(20)37)25(36(17-16-33)28(39)24(19-44)35-30(41)43-32(5,6)7)27(38)34-23(29(40)42-31(2,3)4)18-21-13-9-8-10-14-21/h8-15,23-25,37,44H,17-19H2,1-7H3,(H,34,38)(H,35,41). The molecule has 0 bridgehead atoms. The molecule has 3 unspecified atom stereocenters. The second-order valence-corrected chi connectivity index (χ2v) is 12.6. The van der Waals surface area contributed by atoms with E-state index in [1.54, 1.807) is 84.9 Å². The van der Waals surface area contributed by atoms with Gasteiger partial charge in [0.25, 0.3) is 0 Å². The number of phenols is 1. The Kier molecular flexibility index (Phi) is 12.6. The summed E-state index contributed by atoms with van der Waals surface area (Å²) in [6.07, 6.45) is -0.825. The van der Waals surface area contributed by atoms with Gasteiger partial charge in [-0.25, -0.2) is 9.59 Å². The average molecular weight is 627 g/mol. The first-order chi connectivity index (χ1) is 20.5. The lowest BCUT2D eigenvalue weighted by molar-refractivity contribution is -0.159. The van der Waals surface area contributed by atoms with Gasteiger partial charge >= 0.3 is 12.1 Å². The van der Waals surface area contributed by atoms with Crippen molar-refractivity contribution in [3.63, 3.8) is 0 Å². The number of para-hydroxylation sites is 1. The Balaban J connectivity index is 2.59. The molecular formula is C32H42N4O7S. The number of carbonyl (C=O) groups is 4. The van der Waals surface area contributed by atoms with Crippen LogP contribution in [-0.4, -0.2) is 69.5 Å². The first-order valence-electron chi connectivity index (χ1n) is 14.1. The van der Waals surface area contributed by atoms with Crippen molar-refractivity contribution in [1.29, 1.82) is 5.26 Å². The summed E-state index contributed by atoms with van der Waals surface area (Å²) in [4.78, 5) is 54.8. The highest BCUT2D eigenvalue weighted by Crippen LogP contribution is 2.32. The molecule has 0 aromatic heterocycles. The lowest BCUT2D eigenvalue weighted by Gasteiger charge is -2.34. The third kappa shape index (κ3) is 10.8. The minimum Gasteiger partial charge on any atom is -0.507 e. The van der Waals surface area contributed by atoms with Crippen molar-refractivity contribution in [2.24, 2.45) is 0 Å². The van der Waals surface area contributed by atoms with E-state index in [-0.39, 0.29) is 23.5 Å². The van der Waals surface area contributed by atoms with E-state index in [2.05, 4.69) is 23.3 Å². The van der Waals surface area contributed by atoms with Crippen molar-refractivity contribution in [3.8, 4) is 11.8 Å². The summed E-state index contributed by atoms with van der Waals surface area (Å²) < 4.78 is 10.9. The molecule has 0 spiro atoms. The zero-order chi connectivity index (χ0) is 33.2. The van der Waals surface area contributed by atoms with E-state index >= 15 is 0 Å². The van der Waals surface area contributed by atoms with E-state index in [0.29, 0.717) is 5.56 Å². The molecule has 0 heterocycles. The first kappa shape index (κ1) is 36.0. The molecule has 3 atom stereocenters. The van der Waals surface area contributed by atoms with E-state index in [4.69, 9.17) is 9.47 Å². The molecule has 44 heavy (non-hydrogen) atoms. The van der Waals surface area contributed by atoms with Gasteiger partial charge in [0.2, 0.25) is 11.8 Å². The van der Waals surface area contributed by atoms with Crippen molar-refractivity contribution in [2.45, 2.75) is 84.2 Å². The second-order valence-electron chi connectivity index (χ2n) is 12.2. The number of ether oxygens (including phenoxy) is 2. The number of carbonyl (C=O) groups excluding carboxylic acids is 4. The number of thiol groups is 1. The van der Waals surface area contributed by atoms with Gasteiger partial charge in [0.15, 0.2) is 0 Å². The molecule has 0 aliphatic carbocycles. The SMILES string of the molecule is Cc1cccc(C(C(=O)NC(Cc2ccccc2)C(=O)OC(C)(C)C)N(CC#N)C(=O)C(CS)NC(=O)OC(C)(C)C)c1O. The van der Waals surface area contributed by atoms with Gasteiger partial charge in [-0.1, -0.05) is 48.5 Å². The molecule has 0 fully saturated rings. The highest BCUT2D eigenvalue weighted by Gasteiger charge is 2.39. The minimum atomic E-state index is -1.58. The Labute approximate surface area is 264 Å². The number of hydrogen-bond acceptors (Lipinski definition) is 9. The Hall–Kier alpha value is -4.24. The summed E-state index contributed by atoms with van der Waals surface area (Å²) in [6.45, 7) is 11.1. The molecule has 11 nitrogen and oxygen atoms in total. The summed E-state index contributed by atoms with van der Waals surface area (Å²) in [6, 6.07) is 11.5. The Bertz CT molecular complexity index is 1360. The van der Waals surface area contributed by atoms with E-state index in [1.165, 1.54) is 6.07 Å². The molecule has 12 heteroatoms. The number of esters is 1. The fourth-order valence-corrected chi connectivity index (χ4v) is 4.48. The molecule has 0 aliphatic rings. The molecule has 0 radical (unpaired) electrons. The Morgan fingerprint density at radius 1 is 0.932 bits per heavy atom. The zero-order valence-electron chi connectivity index (χ0n) is 26.2. The number of rotatable bonds is 11. The summed E-state index contributed by atoms with van der Waals surface area (Å²) in [5, 5.41) is 25.9. The summed E-state index contributed by atoms with van der Waals surface area (Å²) in [5.41, 5.74) is -0.549. The number of hydrogen-bond donors (Lipinski definition) is 4. The van der Waals surface area contributed by atoms with E-state index in [1.807, 2.05) is 12.1 Å². The molecular weight excluding hydrogens is 584 g/mol. The topological polar surface area (TPSA) is 158 Å². The van der Waals surface area contributed by atoms with Gasteiger partial charge in [-0.3, -0.25) is 9.59 Å². The third-order valence-electron chi connectivity index (χ3n) is 6.11. The number of aryl methyl sites for hydroxylation is 1. The number of amides is 3. The average Bonchev–Trinajstić information content (AvgIpc) is 2.91. The van der Waals surface area contributed by atoms with Crippen LogP contribution in [0.5, 0.6) is 5.75 Å². The molecule has 0 saturated heterocycles. The van der Waals surface area contributed by atoms with Crippen molar-refractivity contribution < 1.29 is 33.8 Å². The number of phenolic OH excluding ortho intramolecular Hbond substituents is 1. The van der Waals surface area contributed by atoms with Crippen molar-refractivity contribution >= 4 is 36.5 Å². The number of nitriles is 1. The van der Waals surface area contributed by atoms with Crippen LogP contribution in [0.4, 0.5) is 4.79 Å². The Morgan fingerprint density at radius 2 is 1.55 bits per heavy atom. The Morgan fingerprint density at radius 3 is 2.09 bits per heavy atom. The molecule has 0 saturated carbocycles. The maximum absolute atomic E-state index is 14.2. The molecule has 0 aliphatic heterocycles. The lowest BCUT2D eigenvalue weighted by atomic mass is 9.98. The highest BCUT2D eigenvalue weighted by molar-refractivity contribution is 7.80. The van der Waals surface area contributed by atoms with Gasteiger partial charge in [0.1, 0.15) is 41.6 Å². The number of nitrogens with one attached hydrogen (secondary N) is 2. The van der Waals surface area contributed by atoms with Crippen LogP contribution in [0.1, 0.15) is 64.3 Å². The minimum absolute atomic E-state index is 0.0175. The number of alkyl carbamates (subject to hydrolysis) is 1. The van der Waals surface area contributed by atoms with E-state index in [0.717, 1.165) is 10.5 Å². The van der Waals surface area contributed by atoms with Crippen LogP contribution in [-0.2, 0) is 30.3 Å². The predicted molar refractivity (Wildman–Crippen MR) is 168 cm³/mol. The van der Waals surface area contributed by atoms with Gasteiger partial charge in [-0.05, 0) is 59.6 Å². The molecule has 2 aromatic rings. The van der Waals surface area contributed by atoms with Crippen LogP contribution in [0, 0.1) is 18.3 Å². The van der Waals surface area contributed by atoms with E-state index in [9.17, 15) is 29.5 Å². The maximum Gasteiger partial charge on any atom is 0.408 e. The predicted octanol–water partition coefficient (Wildman–Crippen LogP) is 3.99. The number of benzene rings is 2. The second kappa shape index (κ2) is 15.5. The van der Waals surface area contributed by atoms with Crippen LogP contribution < -0.4 is 10.6 Å². The molecule has 3 N–H and O–H groups in total. The van der Waals surface area contributed by atoms with Crippen LogP contribution in [0.25, 0.3) is 0 Å². The van der Waals surface area contributed by atoms with Crippen LogP contribution in [0.2, 0.25) is 0 Å². The van der Waals surface area contributed by atoms with Gasteiger partial charge in [-0.15, -0.1) is 0 Å². The fourth-order valence-electron chi connectivity index (χ4n) is 4.23. The van der Waals surface area contributed by atoms with Crippen LogP contribution in [0.15, 0.2) is 48.5 Å². The molecule has 2 aromatic carbocycles. The highest BCUT2D eigenvalue weighted by atomic mass is 32.1. The zero-order valence-corrected chi connectivity index (χ0v) is 27.1. The maximum atomic E-state index is 14.2. The summed E-state index contributed by atoms with van der Waals surface area (Å²) >= 11 is 4.21. The largest absolute Gasteiger partial charge is 0.507 e. The quantitative estimate of drug-likeness (QED) is 0.166. The molecule has 238 valence electrons. The smallest absolute Gasteiger partial charge is 0.408 e. The van der Waals surface area contributed by atoms with Crippen molar-refractivity contribution in [3.05, 3.63) is 65.2 Å². The van der Waals surface area contributed by atoms with E-state index < -0.39 is 59.7 Å². The lowest BCUT2D eigenvalue weighted by Crippen LogP contribution is -2.55. The monoisotopic (exact) mass is 626 g/mol. The number of aromatic hydroxyl groups is 1. The van der Waals surface area contributed by atoms with Gasteiger partial charge in [0, 0.05) is 17.7 Å². The summed E-state index contributed by atoms with van der Waals surface area (Å²) in [5.74, 6) is -2.85. The van der Waals surface area contributed by atoms with Gasteiger partial charge in [0.05, 0.1) is 6.07 Å². The van der Waals surface area contributed by atoms with Crippen molar-refractivity contribution in [1.82, 2.24) is 15.5 Å². The summed E-state index contributed by atoms with van der Waals surface area (Å²) in [7, 11) is 0. The fraction of sp³-hybridized carbons (Fsp3) is 0.469. The third-order valence-corrected chi connectivity index (χ3v) is 6.47. The normalized spacial score (nSPS) is 13.4. The number of nitrogens with zero attached hydrogens (tertiary/aromatic N) is 2. The van der Waals surface area contributed by atoms with Gasteiger partial charge < -0.3 is 30.1 Å². The molecule has 3 amide bonds. The van der Waals surface area contributed by atoms with Crippen molar-refractivity contribution in [2.75, 3.05) is 12.3 Å². The van der Waals surface area contributed by atoms with Crippen LogP contribution >= 0.6 is 12.6 Å².